The minimum atomic E-state index is -0.280. The Balaban J connectivity index is 2.68. The van der Waals surface area contributed by atoms with E-state index in [0.717, 1.165) is 10.8 Å². The molecule has 0 amide bonds. The van der Waals surface area contributed by atoms with Crippen molar-refractivity contribution >= 4 is 17.7 Å². The number of carbonyl (C=O) groups is 1. The number of aryl methyl sites for hydroxylation is 1. The van der Waals surface area contributed by atoms with Crippen LogP contribution in [0.2, 0.25) is 0 Å². The maximum atomic E-state index is 11.9. The fourth-order valence-electron chi connectivity index (χ4n) is 2.06. The Morgan fingerprint density at radius 2 is 2.10 bits per heavy atom. The molecule has 2 unspecified atom stereocenters. The van der Waals surface area contributed by atoms with E-state index >= 15 is 0 Å². The van der Waals surface area contributed by atoms with Crippen LogP contribution in [0, 0.1) is 11.8 Å². The topological polar surface area (TPSA) is 44.1 Å². The van der Waals surface area contributed by atoms with Crippen LogP contribution in [0.4, 0.5) is 0 Å². The standard InChI is InChI=1S/C15H26N2O2S/c1-6-8-11(3)12(4)10-20-14-13(9-16-17(14)5)15(18)19-7-2/h9,11-12H,6-8,10H2,1-5H3. The number of rotatable bonds is 8. The van der Waals surface area contributed by atoms with E-state index in [1.54, 1.807) is 22.6 Å². The van der Waals surface area contributed by atoms with Crippen LogP contribution in [0.25, 0.3) is 0 Å². The summed E-state index contributed by atoms with van der Waals surface area (Å²) >= 11 is 1.70. The van der Waals surface area contributed by atoms with Crippen LogP contribution in [0.3, 0.4) is 0 Å². The molecule has 1 rings (SSSR count). The molecule has 5 heteroatoms. The number of carbonyl (C=O) groups excluding carboxylic acids is 1. The molecule has 0 saturated carbocycles. The van der Waals surface area contributed by atoms with E-state index in [0.29, 0.717) is 24.0 Å². The number of hydrogen-bond acceptors (Lipinski definition) is 4. The molecule has 0 saturated heterocycles. The Bertz CT molecular complexity index is 432. The van der Waals surface area contributed by atoms with Crippen molar-refractivity contribution in [1.29, 1.82) is 0 Å². The summed E-state index contributed by atoms with van der Waals surface area (Å²) in [5.74, 6) is 2.03. The minimum Gasteiger partial charge on any atom is -0.462 e. The van der Waals surface area contributed by atoms with Gasteiger partial charge in [-0.25, -0.2) is 4.79 Å². The van der Waals surface area contributed by atoms with Crippen molar-refractivity contribution in [1.82, 2.24) is 9.78 Å². The molecular formula is C15H26N2O2S. The third kappa shape index (κ3) is 4.54. The van der Waals surface area contributed by atoms with E-state index in [9.17, 15) is 4.79 Å². The molecule has 114 valence electrons. The van der Waals surface area contributed by atoms with Crippen molar-refractivity contribution in [2.24, 2.45) is 18.9 Å². The van der Waals surface area contributed by atoms with Crippen molar-refractivity contribution < 1.29 is 9.53 Å². The molecule has 1 aromatic heterocycles. The van der Waals surface area contributed by atoms with Crippen LogP contribution in [-0.2, 0) is 11.8 Å². The zero-order valence-electron chi connectivity index (χ0n) is 13.2. The van der Waals surface area contributed by atoms with E-state index in [1.807, 2.05) is 14.0 Å². The molecule has 0 spiro atoms. The van der Waals surface area contributed by atoms with Crippen molar-refractivity contribution in [3.8, 4) is 0 Å². The van der Waals surface area contributed by atoms with Gasteiger partial charge in [0.25, 0.3) is 0 Å². The second-order valence-electron chi connectivity index (χ2n) is 5.26. The Morgan fingerprint density at radius 3 is 2.70 bits per heavy atom. The molecule has 0 fully saturated rings. The van der Waals surface area contributed by atoms with Gasteiger partial charge in [-0.05, 0) is 18.8 Å². The van der Waals surface area contributed by atoms with Gasteiger partial charge < -0.3 is 4.74 Å². The molecule has 2 atom stereocenters. The Labute approximate surface area is 126 Å². The predicted molar refractivity (Wildman–Crippen MR) is 83.1 cm³/mol. The summed E-state index contributed by atoms with van der Waals surface area (Å²) in [4.78, 5) is 11.9. The fourth-order valence-corrected chi connectivity index (χ4v) is 3.34. The third-order valence-corrected chi connectivity index (χ3v) is 5.03. The van der Waals surface area contributed by atoms with E-state index in [2.05, 4.69) is 25.9 Å². The Morgan fingerprint density at radius 1 is 1.40 bits per heavy atom. The predicted octanol–water partition coefficient (Wildman–Crippen LogP) is 3.76. The Kier molecular flexibility index (Phi) is 7.13. The SMILES string of the molecule is CCCC(C)C(C)CSc1c(C(=O)OCC)cnn1C. The maximum Gasteiger partial charge on any atom is 0.342 e. The quantitative estimate of drug-likeness (QED) is 0.541. The molecule has 0 N–H and O–H groups in total. The van der Waals surface area contributed by atoms with E-state index in [-0.39, 0.29) is 5.97 Å². The highest BCUT2D eigenvalue weighted by Crippen LogP contribution is 2.28. The molecule has 0 aliphatic carbocycles. The number of thioether (sulfide) groups is 1. The number of aromatic nitrogens is 2. The monoisotopic (exact) mass is 298 g/mol. The van der Waals surface area contributed by atoms with Gasteiger partial charge in [-0.2, -0.15) is 5.10 Å². The smallest absolute Gasteiger partial charge is 0.342 e. The fraction of sp³-hybridized carbons (Fsp3) is 0.733. The van der Waals surface area contributed by atoms with Gasteiger partial charge in [0, 0.05) is 12.8 Å². The molecular weight excluding hydrogens is 272 g/mol. The first-order valence-electron chi connectivity index (χ1n) is 7.33. The normalized spacial score (nSPS) is 14.1. The molecule has 0 aliphatic heterocycles. The van der Waals surface area contributed by atoms with Crippen LogP contribution in [0.15, 0.2) is 11.2 Å². The molecule has 1 aromatic rings. The summed E-state index contributed by atoms with van der Waals surface area (Å²) in [5.41, 5.74) is 0.578. The zero-order chi connectivity index (χ0) is 15.1. The molecule has 0 aliphatic rings. The average Bonchev–Trinajstić information content (AvgIpc) is 2.78. The zero-order valence-corrected chi connectivity index (χ0v) is 14.0. The first kappa shape index (κ1) is 17.1. The number of nitrogens with zero attached hydrogens (tertiary/aromatic N) is 2. The third-order valence-electron chi connectivity index (χ3n) is 3.58. The summed E-state index contributed by atoms with van der Waals surface area (Å²) in [7, 11) is 1.87. The van der Waals surface area contributed by atoms with Gasteiger partial charge in [0.1, 0.15) is 10.6 Å². The van der Waals surface area contributed by atoms with Crippen molar-refractivity contribution in [3.63, 3.8) is 0 Å². The molecule has 0 bridgehead atoms. The average molecular weight is 298 g/mol. The summed E-state index contributed by atoms with van der Waals surface area (Å²) in [6.45, 7) is 8.99. The summed E-state index contributed by atoms with van der Waals surface area (Å²) in [5, 5.41) is 5.08. The molecule has 0 radical (unpaired) electrons. The first-order chi connectivity index (χ1) is 9.51. The minimum absolute atomic E-state index is 0.280. The summed E-state index contributed by atoms with van der Waals surface area (Å²) < 4.78 is 6.83. The molecule has 1 heterocycles. The highest BCUT2D eigenvalue weighted by Gasteiger charge is 2.19. The van der Waals surface area contributed by atoms with Crippen LogP contribution >= 0.6 is 11.8 Å². The first-order valence-corrected chi connectivity index (χ1v) is 8.31. The summed E-state index contributed by atoms with van der Waals surface area (Å²) in [6.07, 6.45) is 4.06. The van der Waals surface area contributed by atoms with Crippen LogP contribution in [0.5, 0.6) is 0 Å². The van der Waals surface area contributed by atoms with Crippen LogP contribution < -0.4 is 0 Å². The highest BCUT2D eigenvalue weighted by molar-refractivity contribution is 7.99. The Hall–Kier alpha value is -0.970. The second-order valence-corrected chi connectivity index (χ2v) is 6.27. The number of hydrogen-bond donors (Lipinski definition) is 0. The molecule has 20 heavy (non-hydrogen) atoms. The van der Waals surface area contributed by atoms with E-state index in [1.165, 1.54) is 12.8 Å². The van der Waals surface area contributed by atoms with Crippen molar-refractivity contribution in [3.05, 3.63) is 11.8 Å². The van der Waals surface area contributed by atoms with E-state index < -0.39 is 0 Å². The number of esters is 1. The lowest BCUT2D eigenvalue weighted by atomic mass is 9.93. The number of ether oxygens (including phenoxy) is 1. The van der Waals surface area contributed by atoms with Gasteiger partial charge in [-0.1, -0.05) is 33.6 Å². The van der Waals surface area contributed by atoms with Gasteiger partial charge in [-0.15, -0.1) is 11.8 Å². The lowest BCUT2D eigenvalue weighted by Gasteiger charge is -2.19. The lowest BCUT2D eigenvalue weighted by molar-refractivity contribution is 0.0522. The van der Waals surface area contributed by atoms with Gasteiger partial charge in [0.05, 0.1) is 12.8 Å². The largest absolute Gasteiger partial charge is 0.462 e. The lowest BCUT2D eigenvalue weighted by Crippen LogP contribution is -2.12. The van der Waals surface area contributed by atoms with Crippen molar-refractivity contribution in [2.45, 2.75) is 45.6 Å². The van der Waals surface area contributed by atoms with E-state index in [4.69, 9.17) is 4.74 Å². The summed E-state index contributed by atoms with van der Waals surface area (Å²) in [6, 6.07) is 0. The van der Waals surface area contributed by atoms with Gasteiger partial charge >= 0.3 is 5.97 Å². The maximum absolute atomic E-state index is 11.9. The van der Waals surface area contributed by atoms with Gasteiger partial charge in [0.2, 0.25) is 0 Å². The molecule has 4 nitrogen and oxygen atoms in total. The van der Waals surface area contributed by atoms with Crippen molar-refractivity contribution in [2.75, 3.05) is 12.4 Å². The van der Waals surface area contributed by atoms with Gasteiger partial charge in [-0.3, -0.25) is 4.68 Å². The highest BCUT2D eigenvalue weighted by atomic mass is 32.2. The van der Waals surface area contributed by atoms with Crippen LogP contribution in [-0.4, -0.2) is 28.1 Å². The van der Waals surface area contributed by atoms with Crippen LogP contribution in [0.1, 0.15) is 50.9 Å². The molecule has 0 aromatic carbocycles. The van der Waals surface area contributed by atoms with Gasteiger partial charge in [0.15, 0.2) is 0 Å². The second kappa shape index (κ2) is 8.35.